The second kappa shape index (κ2) is 4.40. The first-order valence-corrected chi connectivity index (χ1v) is 5.21. The first-order valence-electron chi connectivity index (χ1n) is 5.21. The first-order chi connectivity index (χ1) is 7.72. The molecule has 0 aliphatic carbocycles. The zero-order valence-corrected chi connectivity index (χ0v) is 9.33. The van der Waals surface area contributed by atoms with Crippen molar-refractivity contribution in [2.75, 3.05) is 0 Å². The Hall–Kier alpha value is -1.75. The molecule has 0 unspecified atom stereocenters. The van der Waals surface area contributed by atoms with Crippen LogP contribution in [0.1, 0.15) is 31.2 Å². The SMILES string of the molecule is CC(C)c1ccc(-n2nnnc2CO)cc1. The second-order valence-electron chi connectivity index (χ2n) is 3.91. The third-order valence-corrected chi connectivity index (χ3v) is 2.48. The quantitative estimate of drug-likeness (QED) is 0.842. The molecule has 1 heterocycles. The van der Waals surface area contributed by atoms with Gasteiger partial charge in [-0.2, -0.15) is 4.68 Å². The highest BCUT2D eigenvalue weighted by Gasteiger charge is 2.07. The number of aliphatic hydroxyl groups is 1. The van der Waals surface area contributed by atoms with Crippen molar-refractivity contribution < 1.29 is 5.11 Å². The predicted molar refractivity (Wildman–Crippen MR) is 59.2 cm³/mol. The summed E-state index contributed by atoms with van der Waals surface area (Å²) in [7, 11) is 0. The van der Waals surface area contributed by atoms with Gasteiger partial charge in [-0.05, 0) is 34.0 Å². The molecule has 2 rings (SSSR count). The minimum absolute atomic E-state index is 0.168. The average Bonchev–Trinajstić information content (AvgIpc) is 2.77. The van der Waals surface area contributed by atoms with Gasteiger partial charge < -0.3 is 5.11 Å². The maximum atomic E-state index is 9.05. The van der Waals surface area contributed by atoms with Gasteiger partial charge in [-0.1, -0.05) is 26.0 Å². The molecule has 0 fully saturated rings. The van der Waals surface area contributed by atoms with E-state index in [9.17, 15) is 0 Å². The predicted octanol–water partition coefficient (Wildman–Crippen LogP) is 1.28. The minimum atomic E-state index is -0.168. The lowest BCUT2D eigenvalue weighted by atomic mass is 10.0. The maximum Gasteiger partial charge on any atom is 0.182 e. The molecule has 0 radical (unpaired) electrons. The molecule has 0 aliphatic heterocycles. The van der Waals surface area contributed by atoms with Crippen molar-refractivity contribution in [3.63, 3.8) is 0 Å². The van der Waals surface area contributed by atoms with Crippen LogP contribution in [0.25, 0.3) is 5.69 Å². The van der Waals surface area contributed by atoms with Gasteiger partial charge in [-0.3, -0.25) is 0 Å². The van der Waals surface area contributed by atoms with Gasteiger partial charge in [0.2, 0.25) is 0 Å². The van der Waals surface area contributed by atoms with Crippen molar-refractivity contribution in [1.82, 2.24) is 20.2 Å². The number of hydrogen-bond acceptors (Lipinski definition) is 4. The van der Waals surface area contributed by atoms with E-state index in [-0.39, 0.29) is 6.61 Å². The average molecular weight is 218 g/mol. The van der Waals surface area contributed by atoms with E-state index in [0.29, 0.717) is 11.7 Å². The van der Waals surface area contributed by atoms with Gasteiger partial charge in [0.25, 0.3) is 0 Å². The van der Waals surface area contributed by atoms with Crippen molar-refractivity contribution in [3.8, 4) is 5.69 Å². The number of aromatic nitrogens is 4. The normalized spacial score (nSPS) is 11.0. The van der Waals surface area contributed by atoms with E-state index >= 15 is 0 Å². The summed E-state index contributed by atoms with van der Waals surface area (Å²) >= 11 is 0. The summed E-state index contributed by atoms with van der Waals surface area (Å²) < 4.78 is 1.53. The lowest BCUT2D eigenvalue weighted by Gasteiger charge is -2.07. The summed E-state index contributed by atoms with van der Waals surface area (Å²) in [5, 5.41) is 20.1. The Morgan fingerprint density at radius 1 is 1.25 bits per heavy atom. The van der Waals surface area contributed by atoms with Crippen LogP contribution in [0.15, 0.2) is 24.3 Å². The lowest BCUT2D eigenvalue weighted by Crippen LogP contribution is -2.03. The molecule has 0 amide bonds. The van der Waals surface area contributed by atoms with Crippen molar-refractivity contribution in [3.05, 3.63) is 35.7 Å². The van der Waals surface area contributed by atoms with Crippen LogP contribution in [0.5, 0.6) is 0 Å². The molecule has 5 heteroatoms. The van der Waals surface area contributed by atoms with E-state index in [4.69, 9.17) is 5.11 Å². The van der Waals surface area contributed by atoms with Crippen LogP contribution >= 0.6 is 0 Å². The van der Waals surface area contributed by atoms with Crippen LogP contribution < -0.4 is 0 Å². The topological polar surface area (TPSA) is 63.8 Å². The summed E-state index contributed by atoms with van der Waals surface area (Å²) in [5.74, 6) is 0.942. The van der Waals surface area contributed by atoms with E-state index in [2.05, 4.69) is 29.4 Å². The minimum Gasteiger partial charge on any atom is -0.388 e. The number of hydrogen-bond donors (Lipinski definition) is 1. The van der Waals surface area contributed by atoms with Crippen LogP contribution in [0.4, 0.5) is 0 Å². The first kappa shape index (κ1) is 10.8. The molecule has 0 bridgehead atoms. The van der Waals surface area contributed by atoms with Gasteiger partial charge in [0.15, 0.2) is 5.82 Å². The van der Waals surface area contributed by atoms with Crippen LogP contribution in [-0.2, 0) is 6.61 Å². The number of rotatable bonds is 3. The number of tetrazole rings is 1. The highest BCUT2D eigenvalue weighted by atomic mass is 16.3. The Balaban J connectivity index is 2.35. The zero-order valence-electron chi connectivity index (χ0n) is 9.33. The molecule has 0 saturated carbocycles. The van der Waals surface area contributed by atoms with Gasteiger partial charge in [0.05, 0.1) is 5.69 Å². The molecule has 5 nitrogen and oxygen atoms in total. The van der Waals surface area contributed by atoms with Crippen LogP contribution in [0.3, 0.4) is 0 Å². The number of benzene rings is 1. The van der Waals surface area contributed by atoms with Gasteiger partial charge in [0, 0.05) is 0 Å². The fourth-order valence-electron chi connectivity index (χ4n) is 1.51. The Morgan fingerprint density at radius 2 is 1.94 bits per heavy atom. The van der Waals surface area contributed by atoms with Crippen LogP contribution in [-0.4, -0.2) is 25.3 Å². The monoisotopic (exact) mass is 218 g/mol. The highest BCUT2D eigenvalue weighted by molar-refractivity contribution is 5.35. The molecule has 0 aliphatic rings. The van der Waals surface area contributed by atoms with Crippen molar-refractivity contribution in [1.29, 1.82) is 0 Å². The highest BCUT2D eigenvalue weighted by Crippen LogP contribution is 2.16. The van der Waals surface area contributed by atoms with Gasteiger partial charge in [-0.25, -0.2) is 0 Å². The fourth-order valence-corrected chi connectivity index (χ4v) is 1.51. The Bertz CT molecular complexity index is 461. The van der Waals surface area contributed by atoms with Gasteiger partial charge in [-0.15, -0.1) is 5.10 Å². The summed E-state index contributed by atoms with van der Waals surface area (Å²) in [6.07, 6.45) is 0. The fraction of sp³-hybridized carbons (Fsp3) is 0.364. The molecule has 1 aromatic heterocycles. The molecule has 0 saturated heterocycles. The summed E-state index contributed by atoms with van der Waals surface area (Å²) in [6, 6.07) is 7.99. The van der Waals surface area contributed by atoms with E-state index < -0.39 is 0 Å². The molecule has 1 N–H and O–H groups in total. The van der Waals surface area contributed by atoms with Gasteiger partial charge >= 0.3 is 0 Å². The maximum absolute atomic E-state index is 9.05. The molecular weight excluding hydrogens is 204 g/mol. The molecule has 16 heavy (non-hydrogen) atoms. The third kappa shape index (κ3) is 1.94. The lowest BCUT2D eigenvalue weighted by molar-refractivity contribution is 0.268. The Kier molecular flexibility index (Phi) is 2.96. The zero-order chi connectivity index (χ0) is 11.5. The van der Waals surface area contributed by atoms with Crippen molar-refractivity contribution in [2.45, 2.75) is 26.4 Å². The molecule has 2 aromatic rings. The summed E-state index contributed by atoms with van der Waals surface area (Å²) in [5.41, 5.74) is 2.13. The van der Waals surface area contributed by atoms with Crippen molar-refractivity contribution in [2.24, 2.45) is 0 Å². The Morgan fingerprint density at radius 3 is 2.50 bits per heavy atom. The van der Waals surface area contributed by atoms with E-state index in [0.717, 1.165) is 5.69 Å². The Labute approximate surface area is 93.7 Å². The molecular formula is C11H14N4O. The molecule has 1 aromatic carbocycles. The third-order valence-electron chi connectivity index (χ3n) is 2.48. The summed E-state index contributed by atoms with van der Waals surface area (Å²) in [4.78, 5) is 0. The van der Waals surface area contributed by atoms with Crippen LogP contribution in [0, 0.1) is 0 Å². The van der Waals surface area contributed by atoms with Crippen LogP contribution in [0.2, 0.25) is 0 Å². The number of aliphatic hydroxyl groups excluding tert-OH is 1. The smallest absolute Gasteiger partial charge is 0.182 e. The largest absolute Gasteiger partial charge is 0.388 e. The second-order valence-corrected chi connectivity index (χ2v) is 3.91. The number of nitrogens with zero attached hydrogens (tertiary/aromatic N) is 4. The molecule has 0 spiro atoms. The van der Waals surface area contributed by atoms with Gasteiger partial charge in [0.1, 0.15) is 6.61 Å². The van der Waals surface area contributed by atoms with E-state index in [1.165, 1.54) is 10.2 Å². The van der Waals surface area contributed by atoms with Crippen molar-refractivity contribution >= 4 is 0 Å². The standard InChI is InChI=1S/C11H14N4O/c1-8(2)9-3-5-10(6-4-9)15-11(7-16)12-13-14-15/h3-6,8,16H,7H2,1-2H3. The van der Waals surface area contributed by atoms with E-state index in [1.54, 1.807) is 0 Å². The van der Waals surface area contributed by atoms with E-state index in [1.807, 2.05) is 24.3 Å². The molecule has 84 valence electrons. The summed E-state index contributed by atoms with van der Waals surface area (Å²) in [6.45, 7) is 4.12. The molecule has 0 atom stereocenters.